The van der Waals surface area contributed by atoms with Gasteiger partial charge in [-0.05, 0) is 17.7 Å². The van der Waals surface area contributed by atoms with Gasteiger partial charge in [0, 0.05) is 17.7 Å². The Hall–Kier alpha value is -3.17. The van der Waals surface area contributed by atoms with Crippen molar-refractivity contribution in [3.63, 3.8) is 0 Å². The highest BCUT2D eigenvalue weighted by molar-refractivity contribution is 6.29. The van der Waals surface area contributed by atoms with Crippen molar-refractivity contribution in [2.45, 2.75) is 0 Å². The molecule has 140 valence electrons. The lowest BCUT2D eigenvalue weighted by molar-refractivity contribution is 0.189. The summed E-state index contributed by atoms with van der Waals surface area (Å²) in [6, 6.07) is 6.48. The Morgan fingerprint density at radius 2 is 1.93 bits per heavy atom. The summed E-state index contributed by atoms with van der Waals surface area (Å²) < 4.78 is 18.8. The number of ether oxygens (including phenoxy) is 1. The highest BCUT2D eigenvalue weighted by Gasteiger charge is 2.41. The number of rotatable bonds is 5. The van der Waals surface area contributed by atoms with Gasteiger partial charge in [0.15, 0.2) is 5.82 Å². The maximum atomic E-state index is 13.4. The third kappa shape index (κ3) is 3.37. The van der Waals surface area contributed by atoms with Crippen molar-refractivity contribution < 1.29 is 9.13 Å². The van der Waals surface area contributed by atoms with Crippen LogP contribution in [0.1, 0.15) is 0 Å². The molecule has 1 fully saturated rings. The number of fused-ring (bicyclic) bond motifs is 1. The van der Waals surface area contributed by atoms with Crippen LogP contribution in [0, 0.1) is 11.7 Å². The molecule has 2 N–H and O–H groups in total. The van der Waals surface area contributed by atoms with E-state index in [4.69, 9.17) is 16.3 Å². The zero-order chi connectivity index (χ0) is 19.1. The summed E-state index contributed by atoms with van der Waals surface area (Å²) in [4.78, 5) is 21.3. The molecule has 28 heavy (non-hydrogen) atoms. The fourth-order valence-electron chi connectivity index (χ4n) is 3.00. The number of hydrogen-bond donors (Lipinski definition) is 2. The minimum Gasteiger partial charge on any atom is -0.376 e. The molecule has 1 unspecified atom stereocenters. The van der Waals surface area contributed by atoms with Crippen molar-refractivity contribution in [1.82, 2.24) is 24.9 Å². The molecule has 0 aromatic carbocycles. The van der Waals surface area contributed by atoms with E-state index in [1.807, 2.05) is 0 Å². The number of hydrogen-bond acceptors (Lipinski definition) is 8. The molecular weight excluding hydrogens is 385 g/mol. The second-order valence-corrected chi connectivity index (χ2v) is 6.69. The number of nitrogens with zero attached hydrogens (tertiary/aromatic N) is 5. The molecule has 1 aliphatic carbocycles. The second-order valence-electron chi connectivity index (χ2n) is 6.30. The summed E-state index contributed by atoms with van der Waals surface area (Å²) >= 11 is 6.00. The van der Waals surface area contributed by atoms with Crippen LogP contribution in [0.5, 0.6) is 0 Å². The van der Waals surface area contributed by atoms with E-state index in [9.17, 15) is 4.39 Å². The summed E-state index contributed by atoms with van der Waals surface area (Å²) in [6.07, 6.45) is 2.60. The molecule has 3 aromatic heterocycles. The van der Waals surface area contributed by atoms with Crippen LogP contribution in [-0.2, 0) is 4.74 Å². The summed E-state index contributed by atoms with van der Waals surface area (Å²) in [6.45, 7) is 1.30. The predicted molar refractivity (Wildman–Crippen MR) is 101 cm³/mol. The lowest BCUT2D eigenvalue weighted by Crippen LogP contribution is -2.08. The van der Waals surface area contributed by atoms with Crippen LogP contribution in [0.2, 0.25) is 5.15 Å². The Bertz CT molecular complexity index is 1110. The Morgan fingerprint density at radius 1 is 1.07 bits per heavy atom. The largest absolute Gasteiger partial charge is 0.376 e. The first kappa shape index (κ1) is 17.0. The maximum Gasteiger partial charge on any atom is 0.232 e. The zero-order valence-corrected chi connectivity index (χ0v) is 15.1. The smallest absolute Gasteiger partial charge is 0.232 e. The SMILES string of the molecule is Fc1cncc(Nc2nc(NC3=C4COCC43)nc(-c3cccc(Cl)n3)n2)c1. The Morgan fingerprint density at radius 3 is 2.68 bits per heavy atom. The first-order chi connectivity index (χ1) is 13.7. The molecule has 0 saturated carbocycles. The fraction of sp³-hybridized carbons (Fsp3) is 0.167. The first-order valence-corrected chi connectivity index (χ1v) is 8.88. The molecule has 3 aromatic rings. The van der Waals surface area contributed by atoms with Gasteiger partial charge in [0.2, 0.25) is 11.9 Å². The van der Waals surface area contributed by atoms with Crippen molar-refractivity contribution in [2.24, 2.45) is 5.92 Å². The summed E-state index contributed by atoms with van der Waals surface area (Å²) in [5.74, 6) is 0.768. The van der Waals surface area contributed by atoms with Crippen LogP contribution in [-0.4, -0.2) is 38.1 Å². The van der Waals surface area contributed by atoms with E-state index < -0.39 is 5.82 Å². The van der Waals surface area contributed by atoms with Crippen molar-refractivity contribution in [2.75, 3.05) is 23.8 Å². The van der Waals surface area contributed by atoms with E-state index in [2.05, 4.69) is 35.6 Å². The van der Waals surface area contributed by atoms with Crippen molar-refractivity contribution in [3.05, 3.63) is 58.9 Å². The quantitative estimate of drug-likeness (QED) is 0.633. The van der Waals surface area contributed by atoms with Crippen LogP contribution in [0.3, 0.4) is 0 Å². The van der Waals surface area contributed by atoms with E-state index in [1.54, 1.807) is 18.2 Å². The zero-order valence-electron chi connectivity index (χ0n) is 14.4. The van der Waals surface area contributed by atoms with E-state index in [0.717, 1.165) is 11.9 Å². The highest BCUT2D eigenvalue weighted by Crippen LogP contribution is 2.43. The number of halogens is 2. The van der Waals surface area contributed by atoms with Gasteiger partial charge in [0.25, 0.3) is 0 Å². The molecule has 0 spiro atoms. The molecule has 8 nitrogen and oxygen atoms in total. The van der Waals surface area contributed by atoms with Gasteiger partial charge in [-0.3, -0.25) is 4.98 Å². The predicted octanol–water partition coefficient (Wildman–Crippen LogP) is 3.19. The van der Waals surface area contributed by atoms with Gasteiger partial charge in [0.1, 0.15) is 16.7 Å². The van der Waals surface area contributed by atoms with E-state index in [0.29, 0.717) is 47.4 Å². The van der Waals surface area contributed by atoms with Crippen LogP contribution >= 0.6 is 11.6 Å². The van der Waals surface area contributed by atoms with Crippen LogP contribution < -0.4 is 10.6 Å². The molecule has 10 heteroatoms. The molecule has 2 aliphatic rings. The Labute approximate surface area is 163 Å². The highest BCUT2D eigenvalue weighted by atomic mass is 35.5. The van der Waals surface area contributed by atoms with Gasteiger partial charge in [-0.1, -0.05) is 17.7 Å². The normalized spacial score (nSPS) is 17.4. The van der Waals surface area contributed by atoms with Gasteiger partial charge >= 0.3 is 0 Å². The first-order valence-electron chi connectivity index (χ1n) is 8.50. The summed E-state index contributed by atoms with van der Waals surface area (Å²) in [7, 11) is 0. The number of anilines is 3. The van der Waals surface area contributed by atoms with Crippen molar-refractivity contribution >= 4 is 29.2 Å². The van der Waals surface area contributed by atoms with Crippen LogP contribution in [0.15, 0.2) is 47.9 Å². The maximum absolute atomic E-state index is 13.4. The standard InChI is InChI=1S/C18H13ClFN7O/c19-14-3-1-2-13(23-14)16-25-17(22-10-4-9(20)5-21-6-10)27-18(26-16)24-15-11-7-28-8-12(11)15/h1-6,11H,7-8H2,(H2,22,24,25,26,27). The Balaban J connectivity index is 1.51. The number of aromatic nitrogens is 5. The molecule has 4 heterocycles. The molecule has 1 saturated heterocycles. The number of pyridine rings is 2. The topological polar surface area (TPSA) is 97.7 Å². The fourth-order valence-corrected chi connectivity index (χ4v) is 3.17. The third-order valence-corrected chi connectivity index (χ3v) is 4.57. The van der Waals surface area contributed by atoms with E-state index in [-0.39, 0.29) is 5.95 Å². The van der Waals surface area contributed by atoms with E-state index >= 15 is 0 Å². The molecule has 0 radical (unpaired) electrons. The summed E-state index contributed by atoms with van der Waals surface area (Å²) in [5.41, 5.74) is 3.21. The number of nitrogens with one attached hydrogen (secondary N) is 2. The van der Waals surface area contributed by atoms with Gasteiger partial charge < -0.3 is 15.4 Å². The van der Waals surface area contributed by atoms with E-state index in [1.165, 1.54) is 17.8 Å². The molecule has 1 atom stereocenters. The van der Waals surface area contributed by atoms with Gasteiger partial charge in [-0.25, -0.2) is 9.37 Å². The molecule has 1 aliphatic heterocycles. The molecule has 5 rings (SSSR count). The molecule has 0 amide bonds. The molecule has 0 bridgehead atoms. The minimum absolute atomic E-state index is 0.231. The third-order valence-electron chi connectivity index (χ3n) is 4.36. The minimum atomic E-state index is -0.466. The second kappa shape index (κ2) is 6.77. The average molecular weight is 398 g/mol. The monoisotopic (exact) mass is 397 g/mol. The average Bonchev–Trinajstić information content (AvgIpc) is 3.09. The van der Waals surface area contributed by atoms with Crippen molar-refractivity contribution in [1.29, 1.82) is 0 Å². The van der Waals surface area contributed by atoms with Gasteiger partial charge in [0.05, 0.1) is 31.3 Å². The van der Waals surface area contributed by atoms with Crippen LogP contribution in [0.4, 0.5) is 22.0 Å². The molecular formula is C18H13ClFN7O. The lowest BCUT2D eigenvalue weighted by atomic mass is 10.3. The van der Waals surface area contributed by atoms with Gasteiger partial charge in [-0.15, -0.1) is 0 Å². The van der Waals surface area contributed by atoms with Gasteiger partial charge in [-0.2, -0.15) is 15.0 Å². The Kier molecular flexibility index (Phi) is 4.10. The van der Waals surface area contributed by atoms with Crippen molar-refractivity contribution in [3.8, 4) is 11.5 Å². The summed E-state index contributed by atoms with van der Waals surface area (Å²) in [5, 5.41) is 6.50. The van der Waals surface area contributed by atoms with Crippen LogP contribution in [0.25, 0.3) is 11.5 Å². The lowest BCUT2D eigenvalue weighted by Gasteiger charge is -2.10.